The van der Waals surface area contributed by atoms with Crippen LogP contribution in [0.25, 0.3) is 0 Å². The van der Waals surface area contributed by atoms with Gasteiger partial charge in [0.15, 0.2) is 11.6 Å². The van der Waals surface area contributed by atoms with E-state index < -0.39 is 17.7 Å². The highest BCUT2D eigenvalue weighted by molar-refractivity contribution is 7.98. The smallest absolute Gasteiger partial charge is 0.255 e. The molecule has 122 valence electrons. The largest absolute Gasteiger partial charge is 0.335 e. The van der Waals surface area contributed by atoms with Gasteiger partial charge in [0.05, 0.1) is 16.6 Å². The molecule has 2 aromatic carbocycles. The molecule has 0 aromatic heterocycles. The number of benzene rings is 2. The molecule has 2 nitrogen and oxygen atoms in total. The molecule has 1 unspecified atom stereocenters. The molecule has 0 saturated carbocycles. The number of rotatable bonds is 4. The molecular weight excluding hydrogens is 340 g/mol. The maximum Gasteiger partial charge on any atom is 0.255 e. The van der Waals surface area contributed by atoms with E-state index in [1.165, 1.54) is 22.7 Å². The third-order valence-corrected chi connectivity index (χ3v) is 4.79. The zero-order chi connectivity index (χ0) is 17.1. The van der Waals surface area contributed by atoms with Gasteiger partial charge in [0.2, 0.25) is 0 Å². The zero-order valence-electron chi connectivity index (χ0n) is 12.9. The lowest BCUT2D eigenvalue weighted by Crippen LogP contribution is -2.30. The minimum atomic E-state index is -0.933. The summed E-state index contributed by atoms with van der Waals surface area (Å²) in [5, 5.41) is 0.358. The Labute approximate surface area is 143 Å². The normalized spacial score (nSPS) is 12.1. The topological polar surface area (TPSA) is 20.3 Å². The molecule has 0 aliphatic carbocycles. The second-order valence-electron chi connectivity index (χ2n) is 5.11. The van der Waals surface area contributed by atoms with Crippen molar-refractivity contribution >= 4 is 29.3 Å². The fraction of sp³-hybridized carbons (Fsp3) is 0.235. The van der Waals surface area contributed by atoms with E-state index in [4.69, 9.17) is 11.6 Å². The van der Waals surface area contributed by atoms with Crippen LogP contribution in [0.2, 0.25) is 5.02 Å². The van der Waals surface area contributed by atoms with Gasteiger partial charge in [-0.15, -0.1) is 11.8 Å². The molecule has 23 heavy (non-hydrogen) atoms. The molecule has 0 spiro atoms. The number of hydrogen-bond acceptors (Lipinski definition) is 2. The maximum atomic E-state index is 13.4. The molecule has 0 N–H and O–H groups in total. The number of carbonyl (C=O) groups excluding carboxylic acids is 1. The van der Waals surface area contributed by atoms with Gasteiger partial charge in [0.1, 0.15) is 0 Å². The Morgan fingerprint density at radius 2 is 1.87 bits per heavy atom. The number of halogens is 3. The first-order valence-electron chi connectivity index (χ1n) is 6.90. The van der Waals surface area contributed by atoms with Crippen LogP contribution in [0, 0.1) is 11.6 Å². The Bertz CT molecular complexity index is 739. The Hall–Kier alpha value is -1.59. The van der Waals surface area contributed by atoms with E-state index in [-0.39, 0.29) is 5.91 Å². The van der Waals surface area contributed by atoms with Crippen LogP contribution in [0.3, 0.4) is 0 Å². The predicted octanol–water partition coefficient (Wildman–Crippen LogP) is 5.17. The maximum absolute atomic E-state index is 13.4. The van der Waals surface area contributed by atoms with Crippen molar-refractivity contribution < 1.29 is 13.6 Å². The van der Waals surface area contributed by atoms with Crippen molar-refractivity contribution in [1.82, 2.24) is 4.90 Å². The average molecular weight is 356 g/mol. The molecule has 1 amide bonds. The quantitative estimate of drug-likeness (QED) is 0.705. The summed E-state index contributed by atoms with van der Waals surface area (Å²) in [5.41, 5.74) is 0.896. The van der Waals surface area contributed by atoms with E-state index in [2.05, 4.69) is 0 Å². The van der Waals surface area contributed by atoms with Gasteiger partial charge in [-0.05, 0) is 49.1 Å². The van der Waals surface area contributed by atoms with Crippen molar-refractivity contribution in [1.29, 1.82) is 0 Å². The monoisotopic (exact) mass is 355 g/mol. The third kappa shape index (κ3) is 3.85. The fourth-order valence-corrected chi connectivity index (χ4v) is 2.80. The summed E-state index contributed by atoms with van der Waals surface area (Å²) >= 11 is 7.63. The summed E-state index contributed by atoms with van der Waals surface area (Å²) in [4.78, 5) is 15.0. The molecule has 0 radical (unpaired) electrons. The minimum absolute atomic E-state index is 0.275. The molecule has 2 aromatic rings. The third-order valence-electron chi connectivity index (χ3n) is 3.73. The number of hydrogen-bond donors (Lipinski definition) is 0. The second-order valence-corrected chi connectivity index (χ2v) is 6.40. The summed E-state index contributed by atoms with van der Waals surface area (Å²) < 4.78 is 26.4. The fourth-order valence-electron chi connectivity index (χ4n) is 2.16. The van der Waals surface area contributed by atoms with Gasteiger partial charge >= 0.3 is 0 Å². The highest BCUT2D eigenvalue weighted by Crippen LogP contribution is 2.27. The number of amides is 1. The van der Waals surface area contributed by atoms with Crippen LogP contribution in [0.1, 0.15) is 28.9 Å². The van der Waals surface area contributed by atoms with Gasteiger partial charge in [-0.3, -0.25) is 4.79 Å². The SMILES string of the molecule is CSc1ccc(Cl)c(C(=O)N(C)C(C)c2ccc(F)c(F)c2)c1. The van der Waals surface area contributed by atoms with Crippen LogP contribution >= 0.6 is 23.4 Å². The summed E-state index contributed by atoms with van der Waals surface area (Å²) in [5.74, 6) is -2.12. The number of nitrogens with zero attached hydrogens (tertiary/aromatic N) is 1. The van der Waals surface area contributed by atoms with Gasteiger partial charge in [0.25, 0.3) is 5.91 Å². The Balaban J connectivity index is 2.29. The molecule has 1 atom stereocenters. The van der Waals surface area contributed by atoms with E-state index in [1.807, 2.05) is 12.3 Å². The molecule has 0 aliphatic rings. The molecular formula is C17H16ClF2NOS. The standard InChI is InChI=1S/C17H16ClF2NOS/c1-10(11-4-7-15(19)16(20)8-11)21(2)17(22)13-9-12(23-3)5-6-14(13)18/h4-10H,1-3H3. The van der Waals surface area contributed by atoms with E-state index >= 15 is 0 Å². The van der Waals surface area contributed by atoms with Crippen LogP contribution in [0.5, 0.6) is 0 Å². The van der Waals surface area contributed by atoms with E-state index in [0.717, 1.165) is 17.0 Å². The van der Waals surface area contributed by atoms with Crippen molar-refractivity contribution in [3.63, 3.8) is 0 Å². The van der Waals surface area contributed by atoms with Gasteiger partial charge < -0.3 is 4.90 Å². The predicted molar refractivity (Wildman–Crippen MR) is 90.1 cm³/mol. The molecule has 6 heteroatoms. The summed E-state index contributed by atoms with van der Waals surface area (Å²) in [6, 6.07) is 8.44. The molecule has 0 heterocycles. The van der Waals surface area contributed by atoms with Crippen LogP contribution in [0.15, 0.2) is 41.3 Å². The van der Waals surface area contributed by atoms with Crippen molar-refractivity contribution in [2.75, 3.05) is 13.3 Å². The van der Waals surface area contributed by atoms with Crippen molar-refractivity contribution in [3.8, 4) is 0 Å². The van der Waals surface area contributed by atoms with Crippen molar-refractivity contribution in [3.05, 3.63) is 64.2 Å². The lowest BCUT2D eigenvalue weighted by molar-refractivity contribution is 0.0742. The lowest BCUT2D eigenvalue weighted by Gasteiger charge is -2.26. The summed E-state index contributed by atoms with van der Waals surface area (Å²) in [6.07, 6.45) is 1.91. The first-order chi connectivity index (χ1) is 10.8. The van der Waals surface area contributed by atoms with Gasteiger partial charge in [0, 0.05) is 11.9 Å². The van der Waals surface area contributed by atoms with Crippen LogP contribution in [-0.4, -0.2) is 24.1 Å². The first-order valence-corrected chi connectivity index (χ1v) is 8.51. The molecule has 0 bridgehead atoms. The van der Waals surface area contributed by atoms with Crippen molar-refractivity contribution in [2.24, 2.45) is 0 Å². The molecule has 2 rings (SSSR count). The first kappa shape index (κ1) is 17.8. The average Bonchev–Trinajstić information content (AvgIpc) is 2.55. The Kier molecular flexibility index (Phi) is 5.65. The van der Waals surface area contributed by atoms with Crippen LogP contribution in [-0.2, 0) is 0 Å². The minimum Gasteiger partial charge on any atom is -0.335 e. The number of thioether (sulfide) groups is 1. The molecule has 0 aliphatic heterocycles. The van der Waals surface area contributed by atoms with E-state index in [9.17, 15) is 13.6 Å². The van der Waals surface area contributed by atoms with Crippen LogP contribution in [0.4, 0.5) is 8.78 Å². The highest BCUT2D eigenvalue weighted by Gasteiger charge is 2.22. The Morgan fingerprint density at radius 1 is 1.17 bits per heavy atom. The zero-order valence-corrected chi connectivity index (χ0v) is 14.5. The number of carbonyl (C=O) groups is 1. The van der Waals surface area contributed by atoms with Crippen molar-refractivity contribution in [2.45, 2.75) is 17.9 Å². The van der Waals surface area contributed by atoms with Crippen LogP contribution < -0.4 is 0 Å². The van der Waals surface area contributed by atoms with Gasteiger partial charge in [-0.1, -0.05) is 17.7 Å². The summed E-state index contributed by atoms with van der Waals surface area (Å²) in [6.45, 7) is 1.75. The summed E-state index contributed by atoms with van der Waals surface area (Å²) in [7, 11) is 1.61. The van der Waals surface area contributed by atoms with E-state index in [0.29, 0.717) is 16.1 Å². The van der Waals surface area contributed by atoms with Gasteiger partial charge in [-0.25, -0.2) is 8.78 Å². The second kappa shape index (κ2) is 7.32. The molecule has 0 fully saturated rings. The lowest BCUT2D eigenvalue weighted by atomic mass is 10.1. The Morgan fingerprint density at radius 3 is 2.48 bits per heavy atom. The van der Waals surface area contributed by atoms with E-state index in [1.54, 1.807) is 26.1 Å². The molecule has 0 saturated heterocycles. The highest BCUT2D eigenvalue weighted by atomic mass is 35.5. The van der Waals surface area contributed by atoms with Gasteiger partial charge in [-0.2, -0.15) is 0 Å².